The molecule has 0 fully saturated rings. The van der Waals surface area contributed by atoms with Gasteiger partial charge in [-0.1, -0.05) is 0 Å². The minimum atomic E-state index is -0.346. The van der Waals surface area contributed by atoms with Crippen LogP contribution in [-0.4, -0.2) is 23.6 Å². The van der Waals surface area contributed by atoms with Gasteiger partial charge in [-0.15, -0.1) is 11.8 Å². The zero-order chi connectivity index (χ0) is 11.5. The smallest absolute Gasteiger partial charge is 0.132 e. The van der Waals surface area contributed by atoms with Gasteiger partial charge in [0.15, 0.2) is 0 Å². The van der Waals surface area contributed by atoms with E-state index in [1.54, 1.807) is 13.2 Å². The third-order valence-electron chi connectivity index (χ3n) is 1.89. The van der Waals surface area contributed by atoms with Gasteiger partial charge < -0.3 is 9.84 Å². The minimum Gasteiger partial charge on any atom is -0.496 e. The molecule has 2 nitrogen and oxygen atoms in total. The minimum absolute atomic E-state index is 0.0251. The summed E-state index contributed by atoms with van der Waals surface area (Å²) in [6, 6.07) is 4.36. The number of halogens is 1. The monoisotopic (exact) mass is 230 g/mol. The van der Waals surface area contributed by atoms with Crippen LogP contribution in [0.1, 0.15) is 13.8 Å². The molecule has 0 amide bonds. The van der Waals surface area contributed by atoms with Crippen molar-refractivity contribution in [2.24, 2.45) is 0 Å². The first-order valence-electron chi connectivity index (χ1n) is 4.62. The molecule has 0 radical (unpaired) electrons. The Bertz CT molecular complexity index is 339. The fraction of sp³-hybridized carbons (Fsp3) is 0.455. The molecule has 1 aromatic carbocycles. The van der Waals surface area contributed by atoms with E-state index in [4.69, 9.17) is 9.84 Å². The molecule has 4 heteroatoms. The molecule has 1 aromatic rings. The lowest BCUT2D eigenvalue weighted by Gasteiger charge is -2.22. The summed E-state index contributed by atoms with van der Waals surface area (Å²) in [5, 5.41) is 9.13. The molecule has 0 aliphatic rings. The quantitative estimate of drug-likeness (QED) is 0.806. The fourth-order valence-electron chi connectivity index (χ4n) is 1.06. The summed E-state index contributed by atoms with van der Waals surface area (Å²) in [5.41, 5.74) is 0. The van der Waals surface area contributed by atoms with Crippen LogP contribution < -0.4 is 4.74 Å². The second-order valence-electron chi connectivity index (χ2n) is 3.82. The van der Waals surface area contributed by atoms with Gasteiger partial charge in [-0.25, -0.2) is 4.39 Å². The Morgan fingerprint density at radius 1 is 1.47 bits per heavy atom. The van der Waals surface area contributed by atoms with E-state index >= 15 is 0 Å². The van der Waals surface area contributed by atoms with E-state index in [0.717, 1.165) is 0 Å². The summed E-state index contributed by atoms with van der Waals surface area (Å²) >= 11 is 1.40. The lowest BCUT2D eigenvalue weighted by molar-refractivity contribution is 0.265. The van der Waals surface area contributed by atoms with Gasteiger partial charge in [0.05, 0.1) is 18.6 Å². The van der Waals surface area contributed by atoms with Crippen LogP contribution in [0.4, 0.5) is 4.39 Å². The highest BCUT2D eigenvalue weighted by molar-refractivity contribution is 8.00. The Hall–Kier alpha value is -0.740. The van der Waals surface area contributed by atoms with E-state index in [-0.39, 0.29) is 17.2 Å². The Morgan fingerprint density at radius 3 is 2.67 bits per heavy atom. The van der Waals surface area contributed by atoms with Crippen LogP contribution in [0.25, 0.3) is 0 Å². The summed E-state index contributed by atoms with van der Waals surface area (Å²) in [6.45, 7) is 3.81. The number of hydrogen-bond donors (Lipinski definition) is 1. The molecule has 0 aromatic heterocycles. The number of ether oxygens (including phenoxy) is 1. The van der Waals surface area contributed by atoms with Crippen LogP contribution in [0.5, 0.6) is 5.75 Å². The summed E-state index contributed by atoms with van der Waals surface area (Å²) in [7, 11) is 1.54. The average molecular weight is 230 g/mol. The summed E-state index contributed by atoms with van der Waals surface area (Å²) in [6.07, 6.45) is 0. The molecular formula is C11H15FO2S. The molecule has 0 heterocycles. The predicted octanol–water partition coefficient (Wildman–Crippen LogP) is 2.70. The van der Waals surface area contributed by atoms with Crippen molar-refractivity contribution in [2.75, 3.05) is 13.7 Å². The van der Waals surface area contributed by atoms with E-state index in [9.17, 15) is 4.39 Å². The molecule has 0 saturated carbocycles. The van der Waals surface area contributed by atoms with Gasteiger partial charge in [-0.2, -0.15) is 0 Å². The first-order valence-corrected chi connectivity index (χ1v) is 5.43. The van der Waals surface area contributed by atoms with E-state index in [1.807, 2.05) is 13.8 Å². The van der Waals surface area contributed by atoms with Crippen molar-refractivity contribution in [2.45, 2.75) is 23.5 Å². The average Bonchev–Trinajstić information content (AvgIpc) is 2.18. The molecular weight excluding hydrogens is 215 g/mol. The van der Waals surface area contributed by atoms with Gasteiger partial charge >= 0.3 is 0 Å². The normalized spacial score (nSPS) is 11.5. The van der Waals surface area contributed by atoms with Crippen molar-refractivity contribution in [3.63, 3.8) is 0 Å². The van der Waals surface area contributed by atoms with Gasteiger partial charge in [0.1, 0.15) is 11.6 Å². The molecule has 0 atom stereocenters. The topological polar surface area (TPSA) is 29.5 Å². The van der Waals surface area contributed by atoms with E-state index < -0.39 is 0 Å². The van der Waals surface area contributed by atoms with Gasteiger partial charge in [0, 0.05) is 4.75 Å². The first kappa shape index (κ1) is 12.3. The Balaban J connectivity index is 2.97. The van der Waals surface area contributed by atoms with Crippen LogP contribution in [-0.2, 0) is 0 Å². The maximum absolute atomic E-state index is 13.0. The van der Waals surface area contributed by atoms with Crippen LogP contribution >= 0.6 is 11.8 Å². The number of aliphatic hydroxyl groups excluding tert-OH is 1. The van der Waals surface area contributed by atoms with Crippen LogP contribution in [0, 0.1) is 5.82 Å². The standard InChI is InChI=1S/C11H15FO2S/c1-11(2,7-13)15-10-6-8(12)4-5-9(10)14-3/h4-6,13H,7H2,1-3H3. The van der Waals surface area contributed by atoms with Crippen LogP contribution in [0.3, 0.4) is 0 Å². The maximum Gasteiger partial charge on any atom is 0.132 e. The molecule has 0 unspecified atom stereocenters. The maximum atomic E-state index is 13.0. The number of rotatable bonds is 4. The highest BCUT2D eigenvalue weighted by atomic mass is 32.2. The molecule has 1 rings (SSSR count). The SMILES string of the molecule is COc1ccc(F)cc1SC(C)(C)CO. The summed E-state index contributed by atoms with van der Waals surface area (Å²) < 4.78 is 17.8. The Morgan fingerprint density at radius 2 is 2.13 bits per heavy atom. The molecule has 0 spiro atoms. The predicted molar refractivity (Wildman–Crippen MR) is 60.0 cm³/mol. The van der Waals surface area contributed by atoms with Crippen molar-refractivity contribution in [3.8, 4) is 5.75 Å². The molecule has 15 heavy (non-hydrogen) atoms. The second-order valence-corrected chi connectivity index (χ2v) is 5.56. The largest absolute Gasteiger partial charge is 0.496 e. The summed E-state index contributed by atoms with van der Waals surface area (Å²) in [5.74, 6) is 0.329. The highest BCUT2D eigenvalue weighted by Gasteiger charge is 2.20. The van der Waals surface area contributed by atoms with E-state index in [2.05, 4.69) is 0 Å². The van der Waals surface area contributed by atoms with Gasteiger partial charge in [-0.05, 0) is 32.0 Å². The summed E-state index contributed by atoms with van der Waals surface area (Å²) in [4.78, 5) is 0.705. The zero-order valence-electron chi connectivity index (χ0n) is 9.08. The van der Waals surface area contributed by atoms with Crippen molar-refractivity contribution in [1.29, 1.82) is 0 Å². The molecule has 0 aliphatic carbocycles. The number of thioether (sulfide) groups is 1. The fourth-order valence-corrected chi connectivity index (χ4v) is 2.14. The third-order valence-corrected chi connectivity index (χ3v) is 3.11. The Labute approximate surface area is 93.5 Å². The zero-order valence-corrected chi connectivity index (χ0v) is 9.90. The second kappa shape index (κ2) is 4.86. The lowest BCUT2D eigenvalue weighted by Crippen LogP contribution is -2.19. The van der Waals surface area contributed by atoms with Crippen LogP contribution in [0.2, 0.25) is 0 Å². The number of methoxy groups -OCH3 is 1. The van der Waals surface area contributed by atoms with Crippen molar-refractivity contribution >= 4 is 11.8 Å². The Kier molecular flexibility index (Phi) is 3.99. The number of benzene rings is 1. The van der Waals surface area contributed by atoms with E-state index in [1.165, 1.54) is 23.9 Å². The first-order chi connectivity index (χ1) is 6.98. The lowest BCUT2D eigenvalue weighted by atomic mass is 10.2. The van der Waals surface area contributed by atoms with Gasteiger partial charge in [0.25, 0.3) is 0 Å². The van der Waals surface area contributed by atoms with Crippen molar-refractivity contribution in [3.05, 3.63) is 24.0 Å². The van der Waals surface area contributed by atoms with Crippen LogP contribution in [0.15, 0.2) is 23.1 Å². The van der Waals surface area contributed by atoms with Gasteiger partial charge in [0.2, 0.25) is 0 Å². The molecule has 1 N–H and O–H groups in total. The van der Waals surface area contributed by atoms with E-state index in [0.29, 0.717) is 10.6 Å². The van der Waals surface area contributed by atoms with Gasteiger partial charge in [-0.3, -0.25) is 0 Å². The molecule has 0 aliphatic heterocycles. The molecule has 84 valence electrons. The highest BCUT2D eigenvalue weighted by Crippen LogP contribution is 2.38. The number of hydrogen-bond acceptors (Lipinski definition) is 3. The third kappa shape index (κ3) is 3.39. The van der Waals surface area contributed by atoms with Crippen molar-refractivity contribution < 1.29 is 14.2 Å². The molecule has 0 bridgehead atoms. The number of aliphatic hydroxyl groups is 1. The molecule has 0 saturated heterocycles. The van der Waals surface area contributed by atoms with Crippen molar-refractivity contribution in [1.82, 2.24) is 0 Å².